The normalized spacial score (nSPS) is 19.9. The van der Waals surface area contributed by atoms with Gasteiger partial charge >= 0.3 is 0 Å². The molecule has 4 heteroatoms. The van der Waals surface area contributed by atoms with E-state index in [0.717, 1.165) is 31.6 Å². The van der Waals surface area contributed by atoms with Crippen LogP contribution in [0.3, 0.4) is 0 Å². The van der Waals surface area contributed by atoms with Gasteiger partial charge in [0.1, 0.15) is 0 Å². The minimum Gasteiger partial charge on any atom is -0.371 e. The van der Waals surface area contributed by atoms with Gasteiger partial charge in [0.25, 0.3) is 0 Å². The molecule has 0 aromatic heterocycles. The maximum Gasteiger partial charge on any atom is 0.0612 e. The lowest BCUT2D eigenvalue weighted by Gasteiger charge is -2.38. The van der Waals surface area contributed by atoms with Crippen LogP contribution in [0.1, 0.15) is 19.8 Å². The molecule has 0 aliphatic carbocycles. The van der Waals surface area contributed by atoms with Crippen LogP contribution >= 0.6 is 23.2 Å². The summed E-state index contributed by atoms with van der Waals surface area (Å²) in [5.74, 6) is 0. The molecule has 0 radical (unpaired) electrons. The highest BCUT2D eigenvalue weighted by molar-refractivity contribution is 6.42. The summed E-state index contributed by atoms with van der Waals surface area (Å²) in [5.41, 5.74) is 7.21. The van der Waals surface area contributed by atoms with Gasteiger partial charge in [0.05, 0.1) is 10.0 Å². The van der Waals surface area contributed by atoms with Crippen LogP contribution in [-0.2, 0) is 0 Å². The van der Waals surface area contributed by atoms with E-state index in [4.69, 9.17) is 28.9 Å². The molecule has 88 valence electrons. The zero-order chi connectivity index (χ0) is 11.8. The second-order valence-electron chi connectivity index (χ2n) is 4.74. The van der Waals surface area contributed by atoms with Crippen LogP contribution in [0.5, 0.6) is 0 Å². The van der Waals surface area contributed by atoms with Gasteiger partial charge in [0.2, 0.25) is 0 Å². The highest BCUT2D eigenvalue weighted by Crippen LogP contribution is 2.30. The van der Waals surface area contributed by atoms with Crippen LogP contribution < -0.4 is 10.6 Å². The van der Waals surface area contributed by atoms with Crippen LogP contribution in [0.25, 0.3) is 0 Å². The van der Waals surface area contributed by atoms with Crippen molar-refractivity contribution in [1.29, 1.82) is 0 Å². The highest BCUT2D eigenvalue weighted by atomic mass is 35.5. The summed E-state index contributed by atoms with van der Waals surface area (Å²) >= 11 is 11.9. The molecule has 2 rings (SSSR count). The van der Waals surface area contributed by atoms with E-state index in [0.29, 0.717) is 10.0 Å². The Morgan fingerprint density at radius 1 is 1.19 bits per heavy atom. The summed E-state index contributed by atoms with van der Waals surface area (Å²) in [4.78, 5) is 2.30. The summed E-state index contributed by atoms with van der Waals surface area (Å²) in [7, 11) is 0. The quantitative estimate of drug-likeness (QED) is 0.838. The number of nitrogens with two attached hydrogens (primary N) is 1. The molecule has 0 saturated carbocycles. The smallest absolute Gasteiger partial charge is 0.0612 e. The zero-order valence-electron chi connectivity index (χ0n) is 9.34. The third-order valence-corrected chi connectivity index (χ3v) is 3.91. The van der Waals surface area contributed by atoms with Gasteiger partial charge in [-0.15, -0.1) is 0 Å². The van der Waals surface area contributed by atoms with E-state index in [9.17, 15) is 0 Å². The first-order chi connectivity index (χ1) is 7.48. The van der Waals surface area contributed by atoms with E-state index >= 15 is 0 Å². The van der Waals surface area contributed by atoms with Crippen LogP contribution in [0, 0.1) is 0 Å². The first-order valence-corrected chi connectivity index (χ1v) is 6.22. The SMILES string of the molecule is CC1(N)CCN(c2ccc(Cl)c(Cl)c2)CC1. The number of nitrogens with zero attached hydrogens (tertiary/aromatic N) is 1. The molecule has 2 nitrogen and oxygen atoms in total. The molecule has 1 fully saturated rings. The number of hydrogen-bond donors (Lipinski definition) is 1. The minimum atomic E-state index is -0.0211. The number of piperidine rings is 1. The largest absolute Gasteiger partial charge is 0.371 e. The molecule has 0 atom stereocenters. The molecule has 1 aliphatic rings. The summed E-state index contributed by atoms with van der Waals surface area (Å²) in [5, 5.41) is 1.21. The second kappa shape index (κ2) is 4.44. The number of halogens is 2. The average molecular weight is 259 g/mol. The van der Waals surface area contributed by atoms with Gasteiger partial charge in [0, 0.05) is 24.3 Å². The molecule has 1 saturated heterocycles. The first-order valence-electron chi connectivity index (χ1n) is 5.47. The molecule has 1 aromatic carbocycles. The Bertz CT molecular complexity index is 381. The van der Waals surface area contributed by atoms with Gasteiger partial charge in [0.15, 0.2) is 0 Å². The monoisotopic (exact) mass is 258 g/mol. The molecule has 1 heterocycles. The van der Waals surface area contributed by atoms with Gasteiger partial charge in [-0.25, -0.2) is 0 Å². The summed E-state index contributed by atoms with van der Waals surface area (Å²) in [6, 6.07) is 5.77. The molecule has 1 aromatic rings. The molecule has 1 aliphatic heterocycles. The van der Waals surface area contributed by atoms with E-state index in [1.54, 1.807) is 0 Å². The molecule has 2 N–H and O–H groups in total. The van der Waals surface area contributed by atoms with Crippen LogP contribution in [-0.4, -0.2) is 18.6 Å². The van der Waals surface area contributed by atoms with E-state index in [2.05, 4.69) is 11.8 Å². The van der Waals surface area contributed by atoms with Crippen molar-refractivity contribution in [1.82, 2.24) is 0 Å². The predicted molar refractivity (Wildman–Crippen MR) is 70.5 cm³/mol. The first kappa shape index (κ1) is 12.0. The average Bonchev–Trinajstić information content (AvgIpc) is 2.22. The molecular weight excluding hydrogens is 243 g/mol. The number of anilines is 1. The van der Waals surface area contributed by atoms with Crippen LogP contribution in [0.2, 0.25) is 10.0 Å². The van der Waals surface area contributed by atoms with Crippen molar-refractivity contribution < 1.29 is 0 Å². The Hall–Kier alpha value is -0.440. The Labute approximate surface area is 106 Å². The predicted octanol–water partition coefficient (Wildman–Crippen LogP) is 3.31. The lowest BCUT2D eigenvalue weighted by Crippen LogP contribution is -2.48. The molecule has 0 spiro atoms. The lowest BCUT2D eigenvalue weighted by atomic mass is 9.91. The molecule has 0 unspecified atom stereocenters. The lowest BCUT2D eigenvalue weighted by molar-refractivity contribution is 0.364. The fourth-order valence-corrected chi connectivity index (χ4v) is 2.25. The fourth-order valence-electron chi connectivity index (χ4n) is 1.96. The summed E-state index contributed by atoms with van der Waals surface area (Å²) in [6.07, 6.45) is 2.01. The van der Waals surface area contributed by atoms with Crippen molar-refractivity contribution >= 4 is 28.9 Å². The Morgan fingerprint density at radius 3 is 2.38 bits per heavy atom. The van der Waals surface area contributed by atoms with E-state index in [-0.39, 0.29) is 5.54 Å². The number of benzene rings is 1. The summed E-state index contributed by atoms with van der Waals surface area (Å²) < 4.78 is 0. The standard InChI is InChI=1S/C12H16Cl2N2/c1-12(15)4-6-16(7-5-12)9-2-3-10(13)11(14)8-9/h2-3,8H,4-7,15H2,1H3. The number of rotatable bonds is 1. The van der Waals surface area contributed by atoms with Crippen molar-refractivity contribution in [2.75, 3.05) is 18.0 Å². The second-order valence-corrected chi connectivity index (χ2v) is 5.55. The fraction of sp³-hybridized carbons (Fsp3) is 0.500. The molecule has 16 heavy (non-hydrogen) atoms. The van der Waals surface area contributed by atoms with Crippen molar-refractivity contribution in [3.8, 4) is 0 Å². The van der Waals surface area contributed by atoms with Crippen molar-refractivity contribution in [3.05, 3.63) is 28.2 Å². The van der Waals surface area contributed by atoms with E-state index < -0.39 is 0 Å². The maximum atomic E-state index is 6.10. The van der Waals surface area contributed by atoms with Gasteiger partial charge in [-0.2, -0.15) is 0 Å². The zero-order valence-corrected chi connectivity index (χ0v) is 10.9. The van der Waals surface area contributed by atoms with Crippen molar-refractivity contribution in [3.63, 3.8) is 0 Å². The van der Waals surface area contributed by atoms with Crippen molar-refractivity contribution in [2.45, 2.75) is 25.3 Å². The highest BCUT2D eigenvalue weighted by Gasteiger charge is 2.25. The topological polar surface area (TPSA) is 29.3 Å². The van der Waals surface area contributed by atoms with Crippen LogP contribution in [0.15, 0.2) is 18.2 Å². The Kier molecular flexibility index (Phi) is 3.34. The molecular formula is C12H16Cl2N2. The Morgan fingerprint density at radius 2 is 1.81 bits per heavy atom. The maximum absolute atomic E-state index is 6.10. The third-order valence-electron chi connectivity index (χ3n) is 3.17. The van der Waals surface area contributed by atoms with Crippen LogP contribution in [0.4, 0.5) is 5.69 Å². The van der Waals surface area contributed by atoms with Gasteiger partial charge < -0.3 is 10.6 Å². The van der Waals surface area contributed by atoms with Gasteiger partial charge in [-0.3, -0.25) is 0 Å². The van der Waals surface area contributed by atoms with Gasteiger partial charge in [-0.05, 0) is 38.0 Å². The molecule has 0 bridgehead atoms. The van der Waals surface area contributed by atoms with E-state index in [1.807, 2.05) is 18.2 Å². The third kappa shape index (κ3) is 2.62. The molecule has 0 amide bonds. The van der Waals surface area contributed by atoms with Gasteiger partial charge in [-0.1, -0.05) is 23.2 Å². The number of hydrogen-bond acceptors (Lipinski definition) is 2. The van der Waals surface area contributed by atoms with Crippen molar-refractivity contribution in [2.24, 2.45) is 5.73 Å². The van der Waals surface area contributed by atoms with E-state index in [1.165, 1.54) is 0 Å². The summed E-state index contributed by atoms with van der Waals surface area (Å²) in [6.45, 7) is 4.06. The minimum absolute atomic E-state index is 0.0211. The Balaban J connectivity index is 2.11.